The minimum Gasteiger partial charge on any atom is -0.359 e. The van der Waals surface area contributed by atoms with Gasteiger partial charge >= 0.3 is 0 Å². The van der Waals surface area contributed by atoms with Gasteiger partial charge in [0.1, 0.15) is 14.8 Å². The fourth-order valence-electron chi connectivity index (χ4n) is 2.13. The number of carbonyl (C=O) groups excluding carboxylic acids is 1. The third kappa shape index (κ3) is 4.89. The fraction of sp³-hybridized carbons (Fsp3) is 0.235. The quantitative estimate of drug-likeness (QED) is 0.355. The van der Waals surface area contributed by atoms with Crippen molar-refractivity contribution in [3.63, 3.8) is 0 Å². The second kappa shape index (κ2) is 8.31. The molecule has 0 saturated heterocycles. The zero-order chi connectivity index (χ0) is 21.3. The molecule has 0 fully saturated rings. The van der Waals surface area contributed by atoms with Crippen LogP contribution in [0.15, 0.2) is 38.2 Å². The maximum Gasteiger partial charge on any atom is 0.294 e. The zero-order valence-corrected chi connectivity index (χ0v) is 18.5. The number of aromatic nitrogens is 2. The predicted molar refractivity (Wildman–Crippen MR) is 113 cm³/mol. The number of hydrogen-bond donors (Lipinski definition) is 1. The molecule has 152 valence electrons. The van der Waals surface area contributed by atoms with Crippen LogP contribution in [0.5, 0.6) is 0 Å². The van der Waals surface area contributed by atoms with Crippen molar-refractivity contribution in [1.29, 1.82) is 0 Å². The van der Waals surface area contributed by atoms with Crippen LogP contribution in [0.1, 0.15) is 36.2 Å². The average Bonchev–Trinajstić information content (AvgIpc) is 3.25. The normalized spacial score (nSPS) is 11.5. The maximum atomic E-state index is 12.6. The van der Waals surface area contributed by atoms with Crippen molar-refractivity contribution in [3.8, 4) is 0 Å². The van der Waals surface area contributed by atoms with Gasteiger partial charge in [-0.3, -0.25) is 19.9 Å². The highest BCUT2D eigenvalue weighted by Gasteiger charge is 2.26. The van der Waals surface area contributed by atoms with Crippen molar-refractivity contribution in [2.24, 2.45) is 0 Å². The molecule has 8 nitrogen and oxygen atoms in total. The first kappa shape index (κ1) is 21.6. The highest BCUT2D eigenvalue weighted by Crippen LogP contribution is 2.45. The summed E-state index contributed by atoms with van der Waals surface area (Å²) in [6.07, 6.45) is 2.78. The molecule has 0 saturated carbocycles. The number of halogens is 2. The smallest absolute Gasteiger partial charge is 0.294 e. The molecule has 0 bridgehead atoms. The number of nitrogens with one attached hydrogen (secondary N) is 1. The Bertz CT molecular complexity index is 1070. The molecule has 29 heavy (non-hydrogen) atoms. The number of hydrogen-bond acceptors (Lipinski definition) is 8. The van der Waals surface area contributed by atoms with Crippen LogP contribution in [-0.4, -0.2) is 21.0 Å². The Morgan fingerprint density at radius 3 is 2.48 bits per heavy atom. The van der Waals surface area contributed by atoms with Gasteiger partial charge in [-0.15, -0.1) is 11.3 Å². The highest BCUT2D eigenvalue weighted by atomic mass is 35.5. The highest BCUT2D eigenvalue weighted by molar-refractivity contribution is 8.01. The van der Waals surface area contributed by atoms with Crippen molar-refractivity contribution in [2.75, 3.05) is 5.32 Å². The standard InChI is InChI=1S/C17H14Cl2N4O4S2/c1-17(2,3)12-5-13(22-27-12)21-15(24)11-4-10(23(25)26)16(28-11)29-14-8(18)6-20-7-9(14)19/h4-7H,1-3H3,(H,21,22,24). The first-order valence-corrected chi connectivity index (χ1v) is 10.5. The van der Waals surface area contributed by atoms with E-state index in [0.717, 1.165) is 23.1 Å². The molecule has 0 spiro atoms. The number of amides is 1. The summed E-state index contributed by atoms with van der Waals surface area (Å²) in [5.74, 6) is 0.291. The predicted octanol–water partition coefficient (Wildman–Crippen LogP) is 6.05. The summed E-state index contributed by atoms with van der Waals surface area (Å²) in [5, 5.41) is 18.4. The number of pyridine rings is 1. The fourth-order valence-corrected chi connectivity index (χ4v) is 4.89. The van der Waals surface area contributed by atoms with Crippen LogP contribution in [-0.2, 0) is 5.41 Å². The van der Waals surface area contributed by atoms with Crippen LogP contribution in [0.25, 0.3) is 0 Å². The van der Waals surface area contributed by atoms with Gasteiger partial charge in [0.25, 0.3) is 11.6 Å². The molecule has 1 amide bonds. The number of nitro groups is 1. The number of nitrogens with zero attached hydrogens (tertiary/aromatic N) is 3. The van der Waals surface area contributed by atoms with Gasteiger partial charge in [-0.05, 0) is 0 Å². The molecule has 0 atom stereocenters. The molecular formula is C17H14Cl2N4O4S2. The van der Waals surface area contributed by atoms with Crippen LogP contribution in [0.2, 0.25) is 10.0 Å². The minimum absolute atomic E-state index is 0.140. The third-order valence-electron chi connectivity index (χ3n) is 3.60. The third-order valence-corrected chi connectivity index (χ3v) is 6.85. The Morgan fingerprint density at radius 1 is 1.28 bits per heavy atom. The van der Waals surface area contributed by atoms with Gasteiger partial charge in [-0.2, -0.15) is 0 Å². The van der Waals surface area contributed by atoms with Gasteiger partial charge in [0.2, 0.25) is 0 Å². The van der Waals surface area contributed by atoms with Crippen molar-refractivity contribution in [1.82, 2.24) is 10.1 Å². The van der Waals surface area contributed by atoms with Gasteiger partial charge in [0.05, 0.1) is 19.9 Å². The van der Waals surface area contributed by atoms with E-state index in [9.17, 15) is 14.9 Å². The molecule has 0 aliphatic rings. The van der Waals surface area contributed by atoms with Crippen molar-refractivity contribution >= 4 is 63.7 Å². The molecule has 0 unspecified atom stereocenters. The summed E-state index contributed by atoms with van der Waals surface area (Å²) >= 11 is 14.2. The largest absolute Gasteiger partial charge is 0.359 e. The molecule has 3 rings (SSSR count). The molecular weight excluding hydrogens is 459 g/mol. The molecule has 0 aliphatic carbocycles. The number of anilines is 1. The van der Waals surface area contributed by atoms with E-state index in [1.807, 2.05) is 20.8 Å². The Kier molecular flexibility index (Phi) is 6.18. The molecule has 0 aliphatic heterocycles. The van der Waals surface area contributed by atoms with Crippen molar-refractivity contribution in [3.05, 3.63) is 55.3 Å². The lowest BCUT2D eigenvalue weighted by Crippen LogP contribution is -2.11. The molecule has 3 aromatic heterocycles. The van der Waals surface area contributed by atoms with E-state index in [0.29, 0.717) is 10.7 Å². The summed E-state index contributed by atoms with van der Waals surface area (Å²) in [7, 11) is 0. The molecule has 1 N–H and O–H groups in total. The lowest BCUT2D eigenvalue weighted by molar-refractivity contribution is -0.387. The van der Waals surface area contributed by atoms with E-state index in [-0.39, 0.29) is 36.1 Å². The van der Waals surface area contributed by atoms with E-state index < -0.39 is 10.8 Å². The summed E-state index contributed by atoms with van der Waals surface area (Å²) < 4.78 is 5.50. The van der Waals surface area contributed by atoms with Gasteiger partial charge < -0.3 is 9.84 Å². The Morgan fingerprint density at radius 2 is 1.93 bits per heavy atom. The van der Waals surface area contributed by atoms with Gasteiger partial charge in [-0.1, -0.05) is 60.9 Å². The van der Waals surface area contributed by atoms with E-state index >= 15 is 0 Å². The second-order valence-electron chi connectivity index (χ2n) is 6.86. The van der Waals surface area contributed by atoms with Crippen LogP contribution in [0.4, 0.5) is 11.5 Å². The Labute approximate surface area is 183 Å². The summed E-state index contributed by atoms with van der Waals surface area (Å²) in [6.45, 7) is 5.84. The van der Waals surface area contributed by atoms with Crippen molar-refractivity contribution < 1.29 is 14.2 Å². The Hall–Kier alpha value is -2.14. The monoisotopic (exact) mass is 472 g/mol. The van der Waals surface area contributed by atoms with Crippen LogP contribution in [0, 0.1) is 10.1 Å². The molecule has 0 radical (unpaired) electrons. The van der Waals surface area contributed by atoms with Gasteiger partial charge in [0.15, 0.2) is 5.82 Å². The first-order valence-electron chi connectivity index (χ1n) is 8.10. The lowest BCUT2D eigenvalue weighted by Gasteiger charge is -2.11. The second-order valence-corrected chi connectivity index (χ2v) is 10.0. The molecule has 3 aromatic rings. The van der Waals surface area contributed by atoms with Gasteiger partial charge in [0, 0.05) is 29.9 Å². The molecule has 3 heterocycles. The summed E-state index contributed by atoms with van der Waals surface area (Å²) in [5.41, 5.74) is -0.491. The van der Waals surface area contributed by atoms with Gasteiger partial charge in [-0.25, -0.2) is 0 Å². The van der Waals surface area contributed by atoms with E-state index in [2.05, 4.69) is 15.5 Å². The number of rotatable bonds is 5. The number of thiophene rings is 1. The molecule has 12 heteroatoms. The summed E-state index contributed by atoms with van der Waals surface area (Å²) in [4.78, 5) is 27.9. The van der Waals surface area contributed by atoms with Crippen LogP contribution < -0.4 is 5.32 Å². The first-order chi connectivity index (χ1) is 13.6. The molecule has 0 aromatic carbocycles. The minimum atomic E-state index is -0.563. The average molecular weight is 473 g/mol. The van der Waals surface area contributed by atoms with E-state index in [1.165, 1.54) is 18.5 Å². The lowest BCUT2D eigenvalue weighted by atomic mass is 9.93. The van der Waals surface area contributed by atoms with Crippen molar-refractivity contribution in [2.45, 2.75) is 35.3 Å². The van der Waals surface area contributed by atoms with E-state index in [4.69, 9.17) is 27.7 Å². The SMILES string of the molecule is CC(C)(C)c1cc(NC(=O)c2cc([N+](=O)[O-])c(Sc3c(Cl)cncc3Cl)s2)no1. The number of carbonyl (C=O) groups is 1. The maximum absolute atomic E-state index is 12.6. The summed E-state index contributed by atoms with van der Waals surface area (Å²) in [6, 6.07) is 2.82. The van der Waals surface area contributed by atoms with Crippen LogP contribution >= 0.6 is 46.3 Å². The Balaban J connectivity index is 1.87. The zero-order valence-electron chi connectivity index (χ0n) is 15.4. The van der Waals surface area contributed by atoms with E-state index in [1.54, 1.807) is 6.07 Å². The topological polar surface area (TPSA) is 111 Å². The van der Waals surface area contributed by atoms with Crippen LogP contribution in [0.3, 0.4) is 0 Å².